The Morgan fingerprint density at radius 2 is 2.12 bits per heavy atom. The predicted octanol–water partition coefficient (Wildman–Crippen LogP) is 3.48. The molecule has 0 radical (unpaired) electrons. The molecule has 3 heteroatoms. The van der Waals surface area contributed by atoms with E-state index in [1.54, 1.807) is 0 Å². The highest BCUT2D eigenvalue weighted by molar-refractivity contribution is 6.20. The fourth-order valence-corrected chi connectivity index (χ4v) is 1.62. The van der Waals surface area contributed by atoms with Gasteiger partial charge in [0.15, 0.2) is 0 Å². The average molecular weight is 239 g/mol. The molecule has 0 fully saturated rings. The first-order chi connectivity index (χ1) is 7.74. The third-order valence-corrected chi connectivity index (χ3v) is 2.64. The molecule has 0 saturated heterocycles. The molecule has 2 nitrogen and oxygen atoms in total. The van der Waals surface area contributed by atoms with E-state index in [2.05, 4.69) is 6.58 Å². The standard InChI is InChI=1S/C13H15ClO2/c1-2-13(15)16-10-6-9-12(14)11-7-4-3-5-8-11/h2-5,7-8,12H,1,6,9-10H2. The minimum absolute atomic E-state index is 0.0244. The smallest absolute Gasteiger partial charge is 0.330 e. The molecule has 1 atom stereocenters. The normalized spacial score (nSPS) is 11.8. The number of hydrogen-bond donors (Lipinski definition) is 0. The molecule has 0 spiro atoms. The summed E-state index contributed by atoms with van der Waals surface area (Å²) in [6, 6.07) is 9.87. The molecule has 86 valence electrons. The van der Waals surface area contributed by atoms with Crippen molar-refractivity contribution < 1.29 is 9.53 Å². The third kappa shape index (κ3) is 4.49. The van der Waals surface area contributed by atoms with Crippen molar-refractivity contribution in [2.24, 2.45) is 0 Å². The van der Waals surface area contributed by atoms with E-state index in [0.29, 0.717) is 6.61 Å². The van der Waals surface area contributed by atoms with E-state index in [9.17, 15) is 4.79 Å². The number of hydrogen-bond acceptors (Lipinski definition) is 2. The second-order valence-electron chi connectivity index (χ2n) is 3.39. The molecular weight excluding hydrogens is 224 g/mol. The van der Waals surface area contributed by atoms with Crippen LogP contribution in [0.2, 0.25) is 0 Å². The molecular formula is C13H15ClO2. The molecule has 0 aliphatic rings. The second kappa shape index (κ2) is 7.07. The first-order valence-electron chi connectivity index (χ1n) is 5.22. The van der Waals surface area contributed by atoms with Crippen molar-refractivity contribution in [3.63, 3.8) is 0 Å². The molecule has 0 bridgehead atoms. The summed E-state index contributed by atoms with van der Waals surface area (Å²) in [5, 5.41) is -0.0244. The van der Waals surface area contributed by atoms with Crippen molar-refractivity contribution >= 4 is 17.6 Å². The highest BCUT2D eigenvalue weighted by atomic mass is 35.5. The van der Waals surface area contributed by atoms with Crippen LogP contribution in [0.1, 0.15) is 23.8 Å². The Bertz CT molecular complexity index is 335. The van der Waals surface area contributed by atoms with Crippen LogP contribution in [-0.2, 0) is 9.53 Å². The highest BCUT2D eigenvalue weighted by Crippen LogP contribution is 2.24. The van der Waals surface area contributed by atoms with Crippen molar-refractivity contribution in [1.82, 2.24) is 0 Å². The van der Waals surface area contributed by atoms with Crippen molar-refractivity contribution in [3.05, 3.63) is 48.6 Å². The van der Waals surface area contributed by atoms with Crippen LogP contribution in [0.4, 0.5) is 0 Å². The minimum Gasteiger partial charge on any atom is -0.463 e. The Kier molecular flexibility index (Phi) is 5.65. The Balaban J connectivity index is 2.23. The fourth-order valence-electron chi connectivity index (χ4n) is 1.32. The summed E-state index contributed by atoms with van der Waals surface area (Å²) in [7, 11) is 0. The number of benzene rings is 1. The lowest BCUT2D eigenvalue weighted by Gasteiger charge is -2.09. The zero-order valence-electron chi connectivity index (χ0n) is 9.06. The van der Waals surface area contributed by atoms with Gasteiger partial charge < -0.3 is 4.74 Å². The summed E-state index contributed by atoms with van der Waals surface area (Å²) < 4.78 is 4.86. The summed E-state index contributed by atoms with van der Waals surface area (Å²) in [6.45, 7) is 3.71. The quantitative estimate of drug-likeness (QED) is 0.328. The number of esters is 1. The van der Waals surface area contributed by atoms with Crippen LogP contribution in [-0.4, -0.2) is 12.6 Å². The summed E-state index contributed by atoms with van der Waals surface area (Å²) >= 11 is 6.19. The molecule has 16 heavy (non-hydrogen) atoms. The van der Waals surface area contributed by atoms with E-state index >= 15 is 0 Å². The largest absolute Gasteiger partial charge is 0.463 e. The number of alkyl halides is 1. The van der Waals surface area contributed by atoms with E-state index in [1.165, 1.54) is 0 Å². The molecule has 1 rings (SSSR count). The highest BCUT2D eigenvalue weighted by Gasteiger charge is 2.06. The number of rotatable bonds is 6. The average Bonchev–Trinajstić information content (AvgIpc) is 2.35. The number of carbonyl (C=O) groups is 1. The van der Waals surface area contributed by atoms with Crippen LogP contribution in [0.15, 0.2) is 43.0 Å². The number of ether oxygens (including phenoxy) is 1. The SMILES string of the molecule is C=CC(=O)OCCCC(Cl)c1ccccc1. The van der Waals surface area contributed by atoms with E-state index in [4.69, 9.17) is 16.3 Å². The maximum Gasteiger partial charge on any atom is 0.330 e. The van der Waals surface area contributed by atoms with E-state index in [-0.39, 0.29) is 11.3 Å². The molecule has 1 aromatic rings. The van der Waals surface area contributed by atoms with Crippen LogP contribution in [0.25, 0.3) is 0 Å². The van der Waals surface area contributed by atoms with Gasteiger partial charge in [-0.1, -0.05) is 36.9 Å². The lowest BCUT2D eigenvalue weighted by atomic mass is 10.1. The Morgan fingerprint density at radius 1 is 1.44 bits per heavy atom. The maximum atomic E-state index is 10.8. The monoisotopic (exact) mass is 238 g/mol. The Labute approximate surface area is 101 Å². The Hall–Kier alpha value is -1.28. The molecule has 0 amide bonds. The zero-order valence-corrected chi connectivity index (χ0v) is 9.82. The summed E-state index contributed by atoms with van der Waals surface area (Å²) in [4.78, 5) is 10.8. The first-order valence-corrected chi connectivity index (χ1v) is 5.66. The van der Waals surface area contributed by atoms with E-state index in [1.807, 2.05) is 30.3 Å². The minimum atomic E-state index is -0.383. The molecule has 1 unspecified atom stereocenters. The molecule has 0 N–H and O–H groups in total. The van der Waals surface area contributed by atoms with Crippen molar-refractivity contribution in [2.75, 3.05) is 6.61 Å². The third-order valence-electron chi connectivity index (χ3n) is 2.17. The van der Waals surface area contributed by atoms with Gasteiger partial charge in [0, 0.05) is 6.08 Å². The van der Waals surface area contributed by atoms with Crippen molar-refractivity contribution in [2.45, 2.75) is 18.2 Å². The van der Waals surface area contributed by atoms with Gasteiger partial charge in [-0.2, -0.15) is 0 Å². The molecule has 1 aromatic carbocycles. The van der Waals surface area contributed by atoms with E-state index in [0.717, 1.165) is 24.5 Å². The van der Waals surface area contributed by atoms with Crippen LogP contribution >= 0.6 is 11.6 Å². The van der Waals surface area contributed by atoms with Crippen LogP contribution in [0.5, 0.6) is 0 Å². The number of halogens is 1. The van der Waals surface area contributed by atoms with Gasteiger partial charge in [0.05, 0.1) is 12.0 Å². The van der Waals surface area contributed by atoms with Gasteiger partial charge in [0.25, 0.3) is 0 Å². The van der Waals surface area contributed by atoms with Gasteiger partial charge in [0.1, 0.15) is 0 Å². The Morgan fingerprint density at radius 3 is 2.75 bits per heavy atom. The van der Waals surface area contributed by atoms with Crippen LogP contribution < -0.4 is 0 Å². The topological polar surface area (TPSA) is 26.3 Å². The van der Waals surface area contributed by atoms with Crippen LogP contribution in [0, 0.1) is 0 Å². The summed E-state index contributed by atoms with van der Waals surface area (Å²) in [6.07, 6.45) is 2.70. The predicted molar refractivity (Wildman–Crippen MR) is 65.4 cm³/mol. The fraction of sp³-hybridized carbons (Fsp3) is 0.308. The van der Waals surface area contributed by atoms with Crippen LogP contribution in [0.3, 0.4) is 0 Å². The maximum absolute atomic E-state index is 10.8. The molecule has 0 aliphatic heterocycles. The second-order valence-corrected chi connectivity index (χ2v) is 3.92. The summed E-state index contributed by atoms with van der Waals surface area (Å²) in [5.41, 5.74) is 1.10. The van der Waals surface area contributed by atoms with Crippen molar-refractivity contribution in [1.29, 1.82) is 0 Å². The number of carbonyl (C=O) groups excluding carboxylic acids is 1. The van der Waals surface area contributed by atoms with Gasteiger partial charge in [-0.15, -0.1) is 11.6 Å². The van der Waals surface area contributed by atoms with Gasteiger partial charge in [-0.3, -0.25) is 0 Å². The first kappa shape index (κ1) is 12.8. The van der Waals surface area contributed by atoms with Gasteiger partial charge in [-0.25, -0.2) is 4.79 Å². The lowest BCUT2D eigenvalue weighted by Crippen LogP contribution is -2.02. The van der Waals surface area contributed by atoms with Crippen molar-refractivity contribution in [3.8, 4) is 0 Å². The van der Waals surface area contributed by atoms with E-state index < -0.39 is 0 Å². The molecule has 0 saturated carbocycles. The molecule has 0 aliphatic carbocycles. The lowest BCUT2D eigenvalue weighted by molar-refractivity contribution is -0.137. The molecule has 0 heterocycles. The molecule has 0 aromatic heterocycles. The zero-order chi connectivity index (χ0) is 11.8. The van der Waals surface area contributed by atoms with Gasteiger partial charge in [-0.05, 0) is 18.4 Å². The van der Waals surface area contributed by atoms with Gasteiger partial charge >= 0.3 is 5.97 Å². The van der Waals surface area contributed by atoms with Gasteiger partial charge in [0.2, 0.25) is 0 Å². The summed E-state index contributed by atoms with van der Waals surface area (Å²) in [5.74, 6) is -0.383.